The van der Waals surface area contributed by atoms with Gasteiger partial charge in [-0.1, -0.05) is 30.3 Å². The standard InChI is InChI=1S/C22H26FN3O4/c23-11-12-24-26-21(28)22(15-17-5-2-1-3-6-17)16-30-20(25-22)18-7-9-19(10-8-18)29-14-4-13-27/h1-3,5-10,24,27H,4,11-16H2,(H,26,28)/t22-/m0/s1. The van der Waals surface area contributed by atoms with E-state index in [0.717, 1.165) is 11.1 Å². The Morgan fingerprint density at radius 2 is 1.97 bits per heavy atom. The first-order valence-electron chi connectivity index (χ1n) is 9.87. The largest absolute Gasteiger partial charge is 0.494 e. The lowest BCUT2D eigenvalue weighted by molar-refractivity contribution is -0.127. The Morgan fingerprint density at radius 3 is 2.67 bits per heavy atom. The van der Waals surface area contributed by atoms with Crippen LogP contribution < -0.4 is 15.6 Å². The van der Waals surface area contributed by atoms with Crippen molar-refractivity contribution in [2.75, 3.05) is 33.0 Å². The normalized spacial score (nSPS) is 17.9. The zero-order valence-corrected chi connectivity index (χ0v) is 16.6. The van der Waals surface area contributed by atoms with Crippen molar-refractivity contribution in [1.29, 1.82) is 0 Å². The number of nitrogens with zero attached hydrogens (tertiary/aromatic N) is 1. The number of halogens is 1. The molecule has 2 aromatic carbocycles. The van der Waals surface area contributed by atoms with E-state index in [2.05, 4.69) is 15.8 Å². The van der Waals surface area contributed by atoms with Gasteiger partial charge in [-0.2, -0.15) is 0 Å². The maximum Gasteiger partial charge on any atom is 0.266 e. The summed E-state index contributed by atoms with van der Waals surface area (Å²) >= 11 is 0. The molecular weight excluding hydrogens is 389 g/mol. The highest BCUT2D eigenvalue weighted by Gasteiger charge is 2.44. The van der Waals surface area contributed by atoms with Gasteiger partial charge in [-0.25, -0.2) is 14.8 Å². The van der Waals surface area contributed by atoms with Crippen molar-refractivity contribution >= 4 is 11.8 Å². The lowest BCUT2D eigenvalue weighted by atomic mass is 9.91. The summed E-state index contributed by atoms with van der Waals surface area (Å²) in [5.74, 6) is 0.668. The topological polar surface area (TPSA) is 92.2 Å². The SMILES string of the molecule is O=C(NNCCF)[C@]1(Cc2ccccc2)COC(c2ccc(OCCCO)cc2)=N1. The molecule has 0 spiro atoms. The van der Waals surface area contributed by atoms with Crippen LogP contribution in [0.2, 0.25) is 0 Å². The van der Waals surface area contributed by atoms with Crippen molar-refractivity contribution in [3.63, 3.8) is 0 Å². The first-order chi connectivity index (χ1) is 14.7. The van der Waals surface area contributed by atoms with E-state index in [1.807, 2.05) is 42.5 Å². The Labute approximate surface area is 174 Å². The highest BCUT2D eigenvalue weighted by atomic mass is 19.1. The molecule has 8 heteroatoms. The number of carbonyl (C=O) groups is 1. The lowest BCUT2D eigenvalue weighted by Gasteiger charge is -2.23. The maximum absolute atomic E-state index is 12.9. The van der Waals surface area contributed by atoms with Crippen molar-refractivity contribution in [3.8, 4) is 5.75 Å². The molecule has 0 saturated heterocycles. The number of hydrogen-bond acceptors (Lipinski definition) is 6. The quantitative estimate of drug-likeness (QED) is 0.385. The van der Waals surface area contributed by atoms with Gasteiger partial charge in [0.25, 0.3) is 5.91 Å². The zero-order chi connectivity index (χ0) is 21.2. The Hall–Kier alpha value is -2.97. The Kier molecular flexibility index (Phi) is 7.75. The third-order valence-electron chi connectivity index (χ3n) is 4.62. The molecule has 7 nitrogen and oxygen atoms in total. The minimum atomic E-state index is -1.16. The highest BCUT2D eigenvalue weighted by molar-refractivity contribution is 6.00. The van der Waals surface area contributed by atoms with Gasteiger partial charge < -0.3 is 14.6 Å². The summed E-state index contributed by atoms with van der Waals surface area (Å²) in [4.78, 5) is 17.5. The molecule has 0 bridgehead atoms. The number of aliphatic hydroxyl groups is 1. The van der Waals surface area contributed by atoms with E-state index in [1.165, 1.54) is 0 Å². The van der Waals surface area contributed by atoms with Gasteiger partial charge in [0.05, 0.1) is 6.61 Å². The molecule has 0 saturated carbocycles. The van der Waals surface area contributed by atoms with Crippen LogP contribution in [0.3, 0.4) is 0 Å². The maximum atomic E-state index is 12.9. The van der Waals surface area contributed by atoms with Gasteiger partial charge in [0.15, 0.2) is 5.54 Å². The molecule has 3 N–H and O–H groups in total. The number of hydrogen-bond donors (Lipinski definition) is 3. The molecule has 1 aliphatic rings. The summed E-state index contributed by atoms with van der Waals surface area (Å²) in [5, 5.41) is 8.83. The highest BCUT2D eigenvalue weighted by Crippen LogP contribution is 2.27. The Balaban J connectivity index is 1.79. The number of alkyl halides is 1. The van der Waals surface area contributed by atoms with Crippen molar-refractivity contribution in [3.05, 3.63) is 65.7 Å². The van der Waals surface area contributed by atoms with Crippen molar-refractivity contribution < 1.29 is 23.8 Å². The molecule has 0 unspecified atom stereocenters. The minimum absolute atomic E-state index is 0.0162. The molecule has 2 aromatic rings. The first-order valence-corrected chi connectivity index (χ1v) is 9.87. The molecule has 0 fully saturated rings. The van der Waals surface area contributed by atoms with E-state index in [1.54, 1.807) is 12.1 Å². The molecule has 3 rings (SSSR count). The fourth-order valence-corrected chi connectivity index (χ4v) is 3.07. The zero-order valence-electron chi connectivity index (χ0n) is 16.6. The monoisotopic (exact) mass is 415 g/mol. The number of rotatable bonds is 11. The molecule has 1 aliphatic heterocycles. The Bertz CT molecular complexity index is 845. The average Bonchev–Trinajstić information content (AvgIpc) is 3.20. The van der Waals surface area contributed by atoms with Crippen LogP contribution in [0.15, 0.2) is 59.6 Å². The van der Waals surface area contributed by atoms with E-state index in [4.69, 9.17) is 14.6 Å². The summed E-state index contributed by atoms with van der Waals surface area (Å²) in [6, 6.07) is 16.8. The molecule has 160 valence electrons. The van der Waals surface area contributed by atoms with Crippen LogP contribution in [0.5, 0.6) is 5.75 Å². The predicted octanol–water partition coefficient (Wildman–Crippen LogP) is 1.80. The van der Waals surface area contributed by atoms with E-state index < -0.39 is 12.2 Å². The van der Waals surface area contributed by atoms with Gasteiger partial charge in [-0.05, 0) is 29.8 Å². The number of nitrogens with one attached hydrogen (secondary N) is 2. The lowest BCUT2D eigenvalue weighted by Crippen LogP contribution is -2.53. The predicted molar refractivity (Wildman–Crippen MR) is 111 cm³/mol. The smallest absolute Gasteiger partial charge is 0.266 e. The van der Waals surface area contributed by atoms with E-state index in [9.17, 15) is 9.18 Å². The average molecular weight is 415 g/mol. The third-order valence-corrected chi connectivity index (χ3v) is 4.62. The van der Waals surface area contributed by atoms with Crippen molar-refractivity contribution in [2.24, 2.45) is 4.99 Å². The number of amides is 1. The second-order valence-corrected chi connectivity index (χ2v) is 6.92. The minimum Gasteiger partial charge on any atom is -0.494 e. The van der Waals surface area contributed by atoms with Crippen LogP contribution in [0, 0.1) is 0 Å². The van der Waals surface area contributed by atoms with Gasteiger partial charge in [0, 0.05) is 31.6 Å². The molecule has 1 amide bonds. The third kappa shape index (κ3) is 5.55. The molecule has 0 aliphatic carbocycles. The van der Waals surface area contributed by atoms with Gasteiger partial charge in [0.1, 0.15) is 19.0 Å². The van der Waals surface area contributed by atoms with Crippen molar-refractivity contribution in [2.45, 2.75) is 18.4 Å². The molecule has 0 aromatic heterocycles. The summed E-state index contributed by atoms with van der Waals surface area (Å²) in [7, 11) is 0. The number of hydrazine groups is 1. The number of aliphatic hydroxyl groups excluding tert-OH is 1. The van der Waals surface area contributed by atoms with E-state index >= 15 is 0 Å². The molecular formula is C22H26FN3O4. The Morgan fingerprint density at radius 1 is 1.20 bits per heavy atom. The van der Waals surface area contributed by atoms with Gasteiger partial charge in [-0.15, -0.1) is 0 Å². The number of aliphatic imine (C=N–C) groups is 1. The van der Waals surface area contributed by atoms with E-state index in [0.29, 0.717) is 31.1 Å². The van der Waals surface area contributed by atoms with Gasteiger partial charge in [-0.3, -0.25) is 10.2 Å². The summed E-state index contributed by atoms with van der Waals surface area (Å²) < 4.78 is 23.7. The second kappa shape index (κ2) is 10.7. The van der Waals surface area contributed by atoms with Crippen LogP contribution >= 0.6 is 0 Å². The molecule has 1 atom stereocenters. The number of benzene rings is 2. The van der Waals surface area contributed by atoms with Crippen LogP contribution in [-0.4, -0.2) is 55.5 Å². The molecule has 30 heavy (non-hydrogen) atoms. The summed E-state index contributed by atoms with van der Waals surface area (Å²) in [6.45, 7) is 0.00909. The second-order valence-electron chi connectivity index (χ2n) is 6.92. The number of carbonyl (C=O) groups excluding carboxylic acids is 1. The fourth-order valence-electron chi connectivity index (χ4n) is 3.07. The van der Waals surface area contributed by atoms with Crippen LogP contribution in [0.1, 0.15) is 17.5 Å². The fraction of sp³-hybridized carbons (Fsp3) is 0.364. The summed E-state index contributed by atoms with van der Waals surface area (Å²) in [5.41, 5.74) is 5.63. The molecule has 0 radical (unpaired) electrons. The van der Waals surface area contributed by atoms with Crippen LogP contribution in [0.4, 0.5) is 4.39 Å². The first kappa shape index (κ1) is 21.7. The number of ether oxygens (including phenoxy) is 2. The summed E-state index contributed by atoms with van der Waals surface area (Å²) in [6.07, 6.45) is 0.911. The molecule has 1 heterocycles. The van der Waals surface area contributed by atoms with E-state index in [-0.39, 0.29) is 25.7 Å². The van der Waals surface area contributed by atoms with Crippen LogP contribution in [0.25, 0.3) is 0 Å². The van der Waals surface area contributed by atoms with Crippen LogP contribution in [-0.2, 0) is 16.0 Å². The van der Waals surface area contributed by atoms with Crippen molar-refractivity contribution in [1.82, 2.24) is 10.9 Å². The van der Waals surface area contributed by atoms with Gasteiger partial charge >= 0.3 is 0 Å². The van der Waals surface area contributed by atoms with Gasteiger partial charge in [0.2, 0.25) is 5.90 Å².